The molecule has 2 aliphatic heterocycles. The summed E-state index contributed by atoms with van der Waals surface area (Å²) in [5, 5.41) is 0. The van der Waals surface area contributed by atoms with Crippen molar-refractivity contribution in [3.63, 3.8) is 0 Å². The van der Waals surface area contributed by atoms with E-state index in [1.807, 2.05) is 31.0 Å². The van der Waals surface area contributed by atoms with Crippen molar-refractivity contribution in [2.24, 2.45) is 5.92 Å². The summed E-state index contributed by atoms with van der Waals surface area (Å²) >= 11 is 0. The molecule has 3 rings (SSSR count). The second-order valence-electron chi connectivity index (χ2n) is 7.70. The first-order chi connectivity index (χ1) is 12.5. The Balaban J connectivity index is 1.41. The molecule has 0 aromatic carbocycles. The number of aryl methyl sites for hydroxylation is 1. The molecule has 0 spiro atoms. The highest BCUT2D eigenvalue weighted by atomic mass is 16.3. The van der Waals surface area contributed by atoms with Crippen LogP contribution < -0.4 is 0 Å². The van der Waals surface area contributed by atoms with E-state index in [4.69, 9.17) is 4.42 Å². The van der Waals surface area contributed by atoms with Crippen LogP contribution in [0.15, 0.2) is 16.5 Å². The highest BCUT2D eigenvalue weighted by molar-refractivity contribution is 5.79. The first-order valence-electron chi connectivity index (χ1n) is 9.83. The van der Waals surface area contributed by atoms with Crippen molar-refractivity contribution in [1.29, 1.82) is 0 Å². The average molecular weight is 361 g/mol. The topological polar surface area (TPSA) is 57.0 Å². The van der Waals surface area contributed by atoms with Gasteiger partial charge in [-0.05, 0) is 64.3 Å². The second kappa shape index (κ2) is 8.71. The quantitative estimate of drug-likeness (QED) is 0.807. The lowest BCUT2D eigenvalue weighted by molar-refractivity contribution is -0.138. The van der Waals surface area contributed by atoms with Crippen molar-refractivity contribution in [3.05, 3.63) is 23.7 Å². The zero-order chi connectivity index (χ0) is 18.5. The number of piperidine rings is 2. The van der Waals surface area contributed by atoms with Crippen molar-refractivity contribution in [1.82, 2.24) is 14.7 Å². The molecule has 26 heavy (non-hydrogen) atoms. The van der Waals surface area contributed by atoms with Gasteiger partial charge in [-0.2, -0.15) is 0 Å². The van der Waals surface area contributed by atoms with Crippen LogP contribution in [0.3, 0.4) is 0 Å². The van der Waals surface area contributed by atoms with E-state index in [2.05, 4.69) is 4.90 Å². The molecular weight excluding hydrogens is 330 g/mol. The summed E-state index contributed by atoms with van der Waals surface area (Å²) in [6, 6.07) is 3.83. The van der Waals surface area contributed by atoms with Gasteiger partial charge in [-0.3, -0.25) is 14.5 Å². The molecule has 144 valence electrons. The molecule has 3 heterocycles. The van der Waals surface area contributed by atoms with Crippen molar-refractivity contribution in [3.8, 4) is 0 Å². The number of carbonyl (C=O) groups excluding carboxylic acids is 2. The minimum absolute atomic E-state index is 0.0971. The number of carbonyl (C=O) groups is 2. The van der Waals surface area contributed by atoms with Crippen molar-refractivity contribution in [2.45, 2.75) is 45.6 Å². The van der Waals surface area contributed by atoms with Crippen LogP contribution in [0.1, 0.15) is 43.6 Å². The standard InChI is InChI=1S/C20H31N3O3/c1-16-6-7-18(26-16)14-21(2)19(24)15-22-12-8-17(9-13-22)20(25)23-10-4-3-5-11-23/h6-7,17H,3-5,8-15H2,1-2H3. The van der Waals surface area contributed by atoms with Crippen molar-refractivity contribution in [2.75, 3.05) is 39.8 Å². The summed E-state index contributed by atoms with van der Waals surface area (Å²) in [4.78, 5) is 31.0. The van der Waals surface area contributed by atoms with Gasteiger partial charge in [0.2, 0.25) is 11.8 Å². The summed E-state index contributed by atoms with van der Waals surface area (Å²) in [6.07, 6.45) is 5.25. The number of furan rings is 1. The van der Waals surface area contributed by atoms with E-state index >= 15 is 0 Å². The van der Waals surface area contributed by atoms with Crippen LogP contribution >= 0.6 is 0 Å². The summed E-state index contributed by atoms with van der Waals surface area (Å²) in [6.45, 7) is 6.31. The Kier molecular flexibility index (Phi) is 6.35. The molecule has 2 amide bonds. The molecule has 0 saturated carbocycles. The van der Waals surface area contributed by atoms with Crippen LogP contribution in [-0.4, -0.2) is 66.3 Å². The summed E-state index contributed by atoms with van der Waals surface area (Å²) in [5.41, 5.74) is 0. The van der Waals surface area contributed by atoms with E-state index in [1.54, 1.807) is 4.90 Å². The molecule has 6 nitrogen and oxygen atoms in total. The third kappa shape index (κ3) is 4.87. The molecule has 1 aromatic heterocycles. The number of hydrogen-bond donors (Lipinski definition) is 0. The van der Waals surface area contributed by atoms with Crippen LogP contribution in [0.5, 0.6) is 0 Å². The molecule has 0 atom stereocenters. The maximum atomic E-state index is 12.6. The van der Waals surface area contributed by atoms with E-state index in [0.717, 1.165) is 63.4 Å². The van der Waals surface area contributed by atoms with Crippen molar-refractivity contribution >= 4 is 11.8 Å². The molecular formula is C20H31N3O3. The lowest BCUT2D eigenvalue weighted by atomic mass is 9.94. The van der Waals surface area contributed by atoms with Gasteiger partial charge in [-0.25, -0.2) is 0 Å². The highest BCUT2D eigenvalue weighted by Gasteiger charge is 2.30. The Bertz CT molecular complexity index is 614. The third-order valence-corrected chi connectivity index (χ3v) is 5.58. The van der Waals surface area contributed by atoms with E-state index in [1.165, 1.54) is 6.42 Å². The summed E-state index contributed by atoms with van der Waals surface area (Å²) in [5.74, 6) is 2.24. The molecule has 0 aliphatic carbocycles. The van der Waals surface area contributed by atoms with Gasteiger partial charge in [0.25, 0.3) is 0 Å². The third-order valence-electron chi connectivity index (χ3n) is 5.58. The monoisotopic (exact) mass is 361 g/mol. The fourth-order valence-corrected chi connectivity index (χ4v) is 3.91. The summed E-state index contributed by atoms with van der Waals surface area (Å²) in [7, 11) is 1.81. The number of rotatable bonds is 5. The zero-order valence-corrected chi connectivity index (χ0v) is 16.1. The smallest absolute Gasteiger partial charge is 0.236 e. The van der Waals surface area contributed by atoms with E-state index < -0.39 is 0 Å². The number of nitrogens with zero attached hydrogens (tertiary/aromatic N) is 3. The molecule has 2 saturated heterocycles. The van der Waals surface area contributed by atoms with E-state index in [-0.39, 0.29) is 11.8 Å². The fraction of sp³-hybridized carbons (Fsp3) is 0.700. The lowest BCUT2D eigenvalue weighted by Gasteiger charge is -2.35. The predicted molar refractivity (Wildman–Crippen MR) is 99.5 cm³/mol. The summed E-state index contributed by atoms with van der Waals surface area (Å²) < 4.78 is 5.54. The van der Waals surface area contributed by atoms with Gasteiger partial charge in [0.15, 0.2) is 0 Å². The predicted octanol–water partition coefficient (Wildman–Crippen LogP) is 2.27. The number of amides is 2. The molecule has 0 bridgehead atoms. The first-order valence-corrected chi connectivity index (χ1v) is 9.83. The van der Waals surface area contributed by atoms with Crippen LogP contribution in [-0.2, 0) is 16.1 Å². The largest absolute Gasteiger partial charge is 0.464 e. The normalized spacial score (nSPS) is 19.5. The van der Waals surface area contributed by atoms with Gasteiger partial charge in [0.1, 0.15) is 11.5 Å². The van der Waals surface area contributed by atoms with Gasteiger partial charge in [0.05, 0.1) is 13.1 Å². The van der Waals surface area contributed by atoms with Gasteiger partial charge in [0, 0.05) is 26.1 Å². The maximum Gasteiger partial charge on any atom is 0.236 e. The van der Waals surface area contributed by atoms with Crippen molar-refractivity contribution < 1.29 is 14.0 Å². The molecule has 6 heteroatoms. The fourth-order valence-electron chi connectivity index (χ4n) is 3.91. The zero-order valence-electron chi connectivity index (χ0n) is 16.1. The molecule has 2 aliphatic rings. The molecule has 0 N–H and O–H groups in total. The average Bonchev–Trinajstić information content (AvgIpc) is 3.07. The van der Waals surface area contributed by atoms with E-state index in [0.29, 0.717) is 19.0 Å². The Morgan fingerprint density at radius 2 is 1.81 bits per heavy atom. The van der Waals surface area contributed by atoms with Crippen LogP contribution in [0.25, 0.3) is 0 Å². The second-order valence-corrected chi connectivity index (χ2v) is 7.70. The van der Waals surface area contributed by atoms with Gasteiger partial charge < -0.3 is 14.2 Å². The Morgan fingerprint density at radius 3 is 2.42 bits per heavy atom. The maximum absolute atomic E-state index is 12.6. The molecule has 1 aromatic rings. The minimum atomic E-state index is 0.0971. The number of hydrogen-bond acceptors (Lipinski definition) is 4. The van der Waals surface area contributed by atoms with Crippen LogP contribution in [0, 0.1) is 12.8 Å². The molecule has 2 fully saturated rings. The highest BCUT2D eigenvalue weighted by Crippen LogP contribution is 2.22. The van der Waals surface area contributed by atoms with E-state index in [9.17, 15) is 9.59 Å². The Morgan fingerprint density at radius 1 is 1.12 bits per heavy atom. The van der Waals surface area contributed by atoms with Crippen LogP contribution in [0.4, 0.5) is 0 Å². The minimum Gasteiger partial charge on any atom is -0.464 e. The first kappa shape index (κ1) is 19.0. The molecule has 0 radical (unpaired) electrons. The van der Waals surface area contributed by atoms with Crippen LogP contribution in [0.2, 0.25) is 0 Å². The number of likely N-dealkylation sites (tertiary alicyclic amines) is 2. The van der Waals surface area contributed by atoms with Gasteiger partial charge in [-0.15, -0.1) is 0 Å². The molecule has 0 unspecified atom stereocenters. The number of likely N-dealkylation sites (N-methyl/N-ethyl adjacent to an activating group) is 1. The Labute approximate surface area is 156 Å². The SMILES string of the molecule is Cc1ccc(CN(C)C(=O)CN2CCC(C(=O)N3CCCCC3)CC2)o1. The lowest BCUT2D eigenvalue weighted by Crippen LogP contribution is -2.46. The van der Waals surface area contributed by atoms with Gasteiger partial charge >= 0.3 is 0 Å². The Hall–Kier alpha value is -1.82. The van der Waals surface area contributed by atoms with Gasteiger partial charge in [-0.1, -0.05) is 0 Å².